The van der Waals surface area contributed by atoms with Crippen molar-refractivity contribution in [3.8, 4) is 5.75 Å². The van der Waals surface area contributed by atoms with Gasteiger partial charge in [-0.25, -0.2) is 0 Å². The Kier molecular flexibility index (Phi) is 4.94. The van der Waals surface area contributed by atoms with Crippen molar-refractivity contribution < 1.29 is 4.74 Å². The van der Waals surface area contributed by atoms with Crippen LogP contribution in [0.3, 0.4) is 0 Å². The molecule has 0 aliphatic rings. The second-order valence-corrected chi connectivity index (χ2v) is 4.26. The van der Waals surface area contributed by atoms with E-state index >= 15 is 0 Å². The fourth-order valence-corrected chi connectivity index (χ4v) is 1.79. The van der Waals surface area contributed by atoms with Crippen molar-refractivity contribution in [2.45, 2.75) is 34.1 Å². The summed E-state index contributed by atoms with van der Waals surface area (Å²) in [5, 5.41) is 4.13. The zero-order valence-electron chi connectivity index (χ0n) is 10.5. The van der Waals surface area contributed by atoms with E-state index in [1.165, 1.54) is 0 Å². The number of aryl methyl sites for hydroxylation is 1. The van der Waals surface area contributed by atoms with Gasteiger partial charge in [0.2, 0.25) is 0 Å². The Morgan fingerprint density at radius 1 is 1.31 bits per heavy atom. The van der Waals surface area contributed by atoms with Crippen LogP contribution in [0.2, 0.25) is 5.02 Å². The molecule has 0 saturated heterocycles. The number of anilines is 1. The molecule has 0 heterocycles. The Morgan fingerprint density at radius 2 is 2.00 bits per heavy atom. The Bertz CT molecular complexity index is 363. The smallest absolute Gasteiger partial charge is 0.143 e. The molecule has 0 aliphatic carbocycles. The van der Waals surface area contributed by atoms with Crippen LogP contribution in [0.1, 0.15) is 31.4 Å². The summed E-state index contributed by atoms with van der Waals surface area (Å²) in [6.07, 6.45) is 1.01. The van der Waals surface area contributed by atoms with Crippen LogP contribution in [-0.4, -0.2) is 13.2 Å². The van der Waals surface area contributed by atoms with Gasteiger partial charge in [0, 0.05) is 11.6 Å². The number of hydrogen-bond donors (Lipinski definition) is 1. The van der Waals surface area contributed by atoms with Crippen LogP contribution >= 0.6 is 11.6 Å². The fraction of sp³-hybridized carbons (Fsp3) is 0.538. The Morgan fingerprint density at radius 3 is 2.56 bits per heavy atom. The zero-order chi connectivity index (χ0) is 12.1. The van der Waals surface area contributed by atoms with E-state index in [-0.39, 0.29) is 0 Å². The fourth-order valence-electron chi connectivity index (χ4n) is 1.64. The van der Waals surface area contributed by atoms with Crippen molar-refractivity contribution in [2.75, 3.05) is 18.5 Å². The van der Waals surface area contributed by atoms with E-state index in [1.54, 1.807) is 0 Å². The summed E-state index contributed by atoms with van der Waals surface area (Å²) in [6, 6.07) is 2.00. The third-order valence-corrected chi connectivity index (χ3v) is 3.04. The number of hydrogen-bond acceptors (Lipinski definition) is 2. The summed E-state index contributed by atoms with van der Waals surface area (Å²) in [7, 11) is 0. The average molecular weight is 242 g/mol. The van der Waals surface area contributed by atoms with Gasteiger partial charge in [-0.05, 0) is 44.4 Å². The van der Waals surface area contributed by atoms with Crippen molar-refractivity contribution >= 4 is 17.3 Å². The standard InChI is InChI=1S/C13H20ClNO/c1-5-7-16-11-8-9(3)12(14)10(4)13(11)15-6-2/h8,15H,5-7H2,1-4H3. The maximum absolute atomic E-state index is 6.23. The van der Waals surface area contributed by atoms with Crippen LogP contribution in [0.5, 0.6) is 5.75 Å². The summed E-state index contributed by atoms with van der Waals surface area (Å²) in [4.78, 5) is 0. The second kappa shape index (κ2) is 6.00. The van der Waals surface area contributed by atoms with Crippen LogP contribution in [0, 0.1) is 13.8 Å². The molecule has 3 heteroatoms. The van der Waals surface area contributed by atoms with Crippen LogP contribution in [0.4, 0.5) is 5.69 Å². The molecule has 2 nitrogen and oxygen atoms in total. The van der Waals surface area contributed by atoms with Crippen LogP contribution in [0.25, 0.3) is 0 Å². The highest BCUT2D eigenvalue weighted by molar-refractivity contribution is 6.32. The number of nitrogens with one attached hydrogen (secondary N) is 1. The monoisotopic (exact) mass is 241 g/mol. The Balaban J connectivity index is 3.12. The van der Waals surface area contributed by atoms with E-state index in [0.717, 1.165) is 47.2 Å². The lowest BCUT2D eigenvalue weighted by Gasteiger charge is -2.17. The van der Waals surface area contributed by atoms with Crippen LogP contribution in [-0.2, 0) is 0 Å². The molecule has 1 N–H and O–H groups in total. The highest BCUT2D eigenvalue weighted by Gasteiger charge is 2.12. The molecule has 0 radical (unpaired) electrons. The van der Waals surface area contributed by atoms with Crippen molar-refractivity contribution in [3.63, 3.8) is 0 Å². The first-order chi connectivity index (χ1) is 7.61. The number of rotatable bonds is 5. The SMILES string of the molecule is CCCOc1cc(C)c(Cl)c(C)c1NCC. The molecular weight excluding hydrogens is 222 g/mol. The van der Waals surface area contributed by atoms with E-state index in [9.17, 15) is 0 Å². The molecule has 0 fully saturated rings. The van der Waals surface area contributed by atoms with Gasteiger partial charge in [-0.15, -0.1) is 0 Å². The summed E-state index contributed by atoms with van der Waals surface area (Å²) >= 11 is 6.23. The molecule has 90 valence electrons. The first kappa shape index (κ1) is 13.2. The first-order valence-corrected chi connectivity index (χ1v) is 6.15. The molecule has 1 aromatic rings. The van der Waals surface area contributed by atoms with Crippen LogP contribution < -0.4 is 10.1 Å². The second-order valence-electron chi connectivity index (χ2n) is 3.88. The average Bonchev–Trinajstić information content (AvgIpc) is 2.28. The maximum atomic E-state index is 6.23. The van der Waals surface area contributed by atoms with Crippen molar-refractivity contribution in [2.24, 2.45) is 0 Å². The molecule has 0 saturated carbocycles. The molecule has 0 aliphatic heterocycles. The number of halogens is 1. The van der Waals surface area contributed by atoms with Gasteiger partial charge in [0.25, 0.3) is 0 Å². The molecule has 0 unspecified atom stereocenters. The van der Waals surface area contributed by atoms with E-state index in [2.05, 4.69) is 19.2 Å². The maximum Gasteiger partial charge on any atom is 0.143 e. The molecule has 16 heavy (non-hydrogen) atoms. The number of ether oxygens (including phenoxy) is 1. The van der Waals surface area contributed by atoms with E-state index < -0.39 is 0 Å². The summed E-state index contributed by atoms with van der Waals surface area (Å²) in [5.74, 6) is 0.906. The van der Waals surface area contributed by atoms with Gasteiger partial charge in [-0.2, -0.15) is 0 Å². The minimum Gasteiger partial charge on any atom is -0.491 e. The van der Waals surface area contributed by atoms with Gasteiger partial charge in [0.15, 0.2) is 0 Å². The minimum absolute atomic E-state index is 0.735. The molecule has 0 aromatic heterocycles. The third-order valence-electron chi connectivity index (χ3n) is 2.46. The molecule has 1 aromatic carbocycles. The molecular formula is C13H20ClNO. The van der Waals surface area contributed by atoms with Crippen molar-refractivity contribution in [3.05, 3.63) is 22.2 Å². The van der Waals surface area contributed by atoms with E-state index in [1.807, 2.05) is 19.9 Å². The first-order valence-electron chi connectivity index (χ1n) is 5.78. The van der Waals surface area contributed by atoms with Crippen molar-refractivity contribution in [1.82, 2.24) is 0 Å². The van der Waals surface area contributed by atoms with Crippen molar-refractivity contribution in [1.29, 1.82) is 0 Å². The molecule has 0 bridgehead atoms. The van der Waals surface area contributed by atoms with Gasteiger partial charge >= 0.3 is 0 Å². The van der Waals surface area contributed by atoms with Gasteiger partial charge in [0.05, 0.1) is 12.3 Å². The molecule has 0 spiro atoms. The van der Waals surface area contributed by atoms with Gasteiger partial charge in [-0.1, -0.05) is 18.5 Å². The lowest BCUT2D eigenvalue weighted by atomic mass is 10.1. The molecule has 0 amide bonds. The van der Waals surface area contributed by atoms with Gasteiger partial charge in [0.1, 0.15) is 5.75 Å². The van der Waals surface area contributed by atoms with E-state index in [4.69, 9.17) is 16.3 Å². The third kappa shape index (κ3) is 2.82. The van der Waals surface area contributed by atoms with E-state index in [0.29, 0.717) is 0 Å². The Labute approximate surface area is 103 Å². The predicted molar refractivity (Wildman–Crippen MR) is 70.9 cm³/mol. The summed E-state index contributed by atoms with van der Waals surface area (Å²) in [6.45, 7) is 9.79. The largest absolute Gasteiger partial charge is 0.491 e. The molecule has 1 rings (SSSR count). The van der Waals surface area contributed by atoms with Gasteiger partial charge < -0.3 is 10.1 Å². The minimum atomic E-state index is 0.735. The highest BCUT2D eigenvalue weighted by Crippen LogP contribution is 2.36. The highest BCUT2D eigenvalue weighted by atomic mass is 35.5. The molecule has 0 atom stereocenters. The quantitative estimate of drug-likeness (QED) is 0.835. The lowest BCUT2D eigenvalue weighted by Crippen LogP contribution is -2.05. The predicted octanol–water partition coefficient (Wildman–Crippen LogP) is 4.18. The zero-order valence-corrected chi connectivity index (χ0v) is 11.2. The topological polar surface area (TPSA) is 21.3 Å². The van der Waals surface area contributed by atoms with Crippen LogP contribution in [0.15, 0.2) is 6.07 Å². The summed E-state index contributed by atoms with van der Waals surface area (Å²) < 4.78 is 5.73. The van der Waals surface area contributed by atoms with Gasteiger partial charge in [-0.3, -0.25) is 0 Å². The summed E-state index contributed by atoms with van der Waals surface area (Å²) in [5.41, 5.74) is 3.15. The normalized spacial score (nSPS) is 10.3. The number of benzene rings is 1. The Hall–Kier alpha value is -0.890. The lowest BCUT2D eigenvalue weighted by molar-refractivity contribution is 0.318.